The van der Waals surface area contributed by atoms with Crippen LogP contribution in [0.1, 0.15) is 22.5 Å². The molecule has 0 saturated heterocycles. The lowest BCUT2D eigenvalue weighted by Gasteiger charge is -2.22. The minimum absolute atomic E-state index is 0.659. The number of benzene rings is 2. The molecule has 0 bridgehead atoms. The molecule has 0 amide bonds. The van der Waals surface area contributed by atoms with Crippen LogP contribution in [-0.4, -0.2) is 28.0 Å². The van der Waals surface area contributed by atoms with Gasteiger partial charge in [0.05, 0.1) is 30.8 Å². The van der Waals surface area contributed by atoms with Crippen molar-refractivity contribution in [3.63, 3.8) is 0 Å². The van der Waals surface area contributed by atoms with Crippen molar-refractivity contribution in [3.8, 4) is 5.75 Å². The molecule has 0 atom stereocenters. The van der Waals surface area contributed by atoms with E-state index >= 15 is 0 Å². The maximum atomic E-state index is 5.88. The number of aromatic amines is 1. The highest BCUT2D eigenvalue weighted by Crippen LogP contribution is 2.17. The van der Waals surface area contributed by atoms with Gasteiger partial charge in [-0.1, -0.05) is 42.5 Å². The highest BCUT2D eigenvalue weighted by atomic mass is 16.5. The van der Waals surface area contributed by atoms with Gasteiger partial charge in [-0.3, -0.25) is 0 Å². The van der Waals surface area contributed by atoms with Gasteiger partial charge in [-0.15, -0.1) is 0 Å². The average molecular weight is 331 g/mol. The molecule has 1 aliphatic heterocycles. The number of H-pyrrole nitrogens is 1. The molecule has 0 radical (unpaired) electrons. The quantitative estimate of drug-likeness (QED) is 0.745. The minimum atomic E-state index is 0.659. The molecule has 4 rings (SSSR count). The van der Waals surface area contributed by atoms with Gasteiger partial charge >= 0.3 is 0 Å². The number of hydrogen-bond donors (Lipinski definition) is 1. The normalized spacial score (nSPS) is 12.9. The molecule has 1 N–H and O–H groups in total. The van der Waals surface area contributed by atoms with Crippen molar-refractivity contribution in [3.05, 3.63) is 89.6 Å². The number of hydrogen-bond acceptors (Lipinski definition) is 3. The number of fused-ring (bicyclic) bond motifs is 1. The van der Waals surface area contributed by atoms with Crippen LogP contribution in [0, 0.1) is 0 Å². The molecule has 0 saturated carbocycles. The first-order valence-corrected chi connectivity index (χ1v) is 8.57. The number of ether oxygens (including phenoxy) is 1. The predicted octanol–water partition coefficient (Wildman–Crippen LogP) is 3.87. The lowest BCUT2D eigenvalue weighted by atomic mass is 10.1. The van der Waals surface area contributed by atoms with Crippen LogP contribution in [0.4, 0.5) is 0 Å². The molecule has 1 aliphatic rings. The van der Waals surface area contributed by atoms with Crippen LogP contribution in [0.3, 0.4) is 0 Å². The third-order valence-corrected chi connectivity index (χ3v) is 4.38. The number of nitrogens with zero attached hydrogens (tertiary/aromatic N) is 2. The summed E-state index contributed by atoms with van der Waals surface area (Å²) in [6, 6.07) is 18.9. The lowest BCUT2D eigenvalue weighted by Crippen LogP contribution is -2.25. The van der Waals surface area contributed by atoms with Crippen LogP contribution in [0.25, 0.3) is 6.08 Å². The Morgan fingerprint density at radius 1 is 1.00 bits per heavy atom. The first-order chi connectivity index (χ1) is 12.4. The van der Waals surface area contributed by atoms with Gasteiger partial charge in [-0.25, -0.2) is 4.98 Å². The minimum Gasteiger partial charge on any atom is -0.492 e. The fraction of sp³-hybridized carbons (Fsp3) is 0.190. The lowest BCUT2D eigenvalue weighted by molar-refractivity contribution is 0.248. The first kappa shape index (κ1) is 15.5. The zero-order valence-corrected chi connectivity index (χ0v) is 14.1. The van der Waals surface area contributed by atoms with E-state index in [9.17, 15) is 0 Å². The van der Waals surface area contributed by atoms with Crippen LogP contribution >= 0.6 is 0 Å². The Labute approximate surface area is 147 Å². The van der Waals surface area contributed by atoms with Crippen LogP contribution in [0.15, 0.2) is 67.1 Å². The molecule has 126 valence electrons. The average Bonchev–Trinajstić information content (AvgIpc) is 3.12. The van der Waals surface area contributed by atoms with Crippen molar-refractivity contribution < 1.29 is 4.74 Å². The third kappa shape index (κ3) is 3.91. The van der Waals surface area contributed by atoms with Crippen LogP contribution in [-0.2, 0) is 13.0 Å². The van der Waals surface area contributed by atoms with Gasteiger partial charge in [-0.2, -0.15) is 0 Å². The van der Waals surface area contributed by atoms with Gasteiger partial charge in [0.15, 0.2) is 0 Å². The van der Waals surface area contributed by atoms with E-state index in [1.54, 1.807) is 6.33 Å². The molecule has 3 aromatic rings. The Morgan fingerprint density at radius 2 is 1.80 bits per heavy atom. The summed E-state index contributed by atoms with van der Waals surface area (Å²) in [4.78, 5) is 9.66. The van der Waals surface area contributed by atoms with Gasteiger partial charge in [0.2, 0.25) is 0 Å². The Balaban J connectivity index is 1.26. The van der Waals surface area contributed by atoms with Gasteiger partial charge in [0.25, 0.3) is 0 Å². The number of aromatic nitrogens is 2. The van der Waals surface area contributed by atoms with Crippen LogP contribution in [0.5, 0.6) is 5.75 Å². The molecule has 2 aromatic carbocycles. The highest BCUT2D eigenvalue weighted by Gasteiger charge is 2.12. The topological polar surface area (TPSA) is 41.1 Å². The summed E-state index contributed by atoms with van der Waals surface area (Å²) in [6.45, 7) is 2.36. The molecule has 25 heavy (non-hydrogen) atoms. The summed E-state index contributed by atoms with van der Waals surface area (Å²) in [7, 11) is 0. The SMILES string of the molecule is C1=CN(CCOc2ccc(Cc3ccccc3)cc2)Cc2[nH]cnc21. The van der Waals surface area contributed by atoms with Crippen molar-refractivity contribution in [2.45, 2.75) is 13.0 Å². The van der Waals surface area contributed by atoms with E-state index in [4.69, 9.17) is 4.74 Å². The van der Waals surface area contributed by atoms with E-state index in [-0.39, 0.29) is 0 Å². The van der Waals surface area contributed by atoms with Crippen molar-refractivity contribution in [2.75, 3.05) is 13.2 Å². The fourth-order valence-corrected chi connectivity index (χ4v) is 3.00. The highest BCUT2D eigenvalue weighted by molar-refractivity contribution is 5.49. The third-order valence-electron chi connectivity index (χ3n) is 4.38. The van der Waals surface area contributed by atoms with E-state index in [0.717, 1.165) is 36.6 Å². The second-order valence-electron chi connectivity index (χ2n) is 6.21. The smallest absolute Gasteiger partial charge is 0.119 e. The van der Waals surface area contributed by atoms with Gasteiger partial charge in [0, 0.05) is 6.20 Å². The van der Waals surface area contributed by atoms with E-state index in [2.05, 4.69) is 69.6 Å². The van der Waals surface area contributed by atoms with E-state index < -0.39 is 0 Å². The number of imidazole rings is 1. The summed E-state index contributed by atoms with van der Waals surface area (Å²) < 4.78 is 5.88. The Morgan fingerprint density at radius 3 is 2.64 bits per heavy atom. The van der Waals surface area contributed by atoms with E-state index in [1.807, 2.05) is 12.1 Å². The van der Waals surface area contributed by atoms with Crippen molar-refractivity contribution in [1.29, 1.82) is 0 Å². The second kappa shape index (κ2) is 7.26. The molecular formula is C21H21N3O. The molecule has 1 aromatic heterocycles. The second-order valence-corrected chi connectivity index (χ2v) is 6.21. The van der Waals surface area contributed by atoms with Crippen molar-refractivity contribution in [2.24, 2.45) is 0 Å². The first-order valence-electron chi connectivity index (χ1n) is 8.57. The zero-order chi connectivity index (χ0) is 16.9. The molecule has 0 fully saturated rings. The summed E-state index contributed by atoms with van der Waals surface area (Å²) in [5, 5.41) is 0. The van der Waals surface area contributed by atoms with E-state index in [1.165, 1.54) is 11.1 Å². The van der Waals surface area contributed by atoms with Gasteiger partial charge in [0.1, 0.15) is 12.4 Å². The Hall–Kier alpha value is -3.01. The summed E-state index contributed by atoms with van der Waals surface area (Å²) >= 11 is 0. The van der Waals surface area contributed by atoms with Crippen molar-refractivity contribution >= 4 is 6.08 Å². The molecule has 4 nitrogen and oxygen atoms in total. The van der Waals surface area contributed by atoms with Gasteiger partial charge < -0.3 is 14.6 Å². The Kier molecular flexibility index (Phi) is 4.51. The zero-order valence-electron chi connectivity index (χ0n) is 14.1. The largest absolute Gasteiger partial charge is 0.492 e. The molecule has 2 heterocycles. The number of rotatable bonds is 6. The predicted molar refractivity (Wildman–Crippen MR) is 99.2 cm³/mol. The molecule has 0 spiro atoms. The maximum Gasteiger partial charge on any atom is 0.119 e. The van der Waals surface area contributed by atoms with Crippen molar-refractivity contribution in [1.82, 2.24) is 14.9 Å². The number of nitrogens with one attached hydrogen (secondary N) is 1. The Bertz CT molecular complexity index is 837. The molecule has 0 unspecified atom stereocenters. The standard InChI is InChI=1S/C21H21N3O/c1-2-4-17(5-3-1)14-18-6-8-19(9-7-18)25-13-12-24-11-10-20-21(15-24)23-16-22-20/h1-11,16H,12-15H2,(H,22,23). The van der Waals surface area contributed by atoms with E-state index in [0.29, 0.717) is 6.61 Å². The fourth-order valence-electron chi connectivity index (χ4n) is 3.00. The molecule has 4 heteroatoms. The van der Waals surface area contributed by atoms with Crippen LogP contribution in [0.2, 0.25) is 0 Å². The van der Waals surface area contributed by atoms with Gasteiger partial charge in [-0.05, 0) is 35.8 Å². The van der Waals surface area contributed by atoms with Crippen LogP contribution < -0.4 is 4.74 Å². The summed E-state index contributed by atoms with van der Waals surface area (Å²) in [5.41, 5.74) is 4.81. The maximum absolute atomic E-state index is 5.88. The monoisotopic (exact) mass is 331 g/mol. The molecule has 0 aliphatic carbocycles. The summed E-state index contributed by atoms with van der Waals surface area (Å²) in [5.74, 6) is 0.917. The molecular weight excluding hydrogens is 310 g/mol. The summed E-state index contributed by atoms with van der Waals surface area (Å²) in [6.07, 6.45) is 6.81.